The van der Waals surface area contributed by atoms with Crippen LogP contribution in [-0.2, 0) is 19.3 Å². The average Bonchev–Trinajstić information content (AvgIpc) is 3.31. The van der Waals surface area contributed by atoms with Gasteiger partial charge in [-0.05, 0) is 18.6 Å². The lowest BCUT2D eigenvalue weighted by molar-refractivity contribution is 0.0425. The van der Waals surface area contributed by atoms with Crippen LogP contribution in [0.15, 0.2) is 12.3 Å². The van der Waals surface area contributed by atoms with E-state index < -0.39 is 27.3 Å². The Morgan fingerprint density at radius 2 is 1.96 bits per heavy atom. The number of thioether (sulfide) groups is 1. The zero-order valence-corrected chi connectivity index (χ0v) is 16.0. The van der Waals surface area contributed by atoms with E-state index >= 15 is 0 Å². The summed E-state index contributed by atoms with van der Waals surface area (Å²) in [5, 5.41) is 27.0. The Labute approximate surface area is 149 Å². The predicted molar refractivity (Wildman–Crippen MR) is 95.6 cm³/mol. The third-order valence-electron chi connectivity index (χ3n) is 3.15. The van der Waals surface area contributed by atoms with E-state index in [0.717, 1.165) is 18.6 Å². The fourth-order valence-electron chi connectivity index (χ4n) is 1.70. The van der Waals surface area contributed by atoms with Crippen LogP contribution < -0.4 is 0 Å². The van der Waals surface area contributed by atoms with Gasteiger partial charge in [-0.15, -0.1) is 0 Å². The molecule has 1 aliphatic rings. The number of hydrogen-bond acceptors (Lipinski definition) is 8. The molecule has 1 saturated heterocycles. The van der Waals surface area contributed by atoms with E-state index in [1.807, 2.05) is 6.92 Å². The average molecular weight is 387 g/mol. The molecule has 0 aromatic carbocycles. The minimum atomic E-state index is -3.36. The minimum Gasteiger partial charge on any atom is -0.487 e. The third-order valence-corrected chi connectivity index (χ3v) is 5.71. The number of epoxide rings is 1. The van der Waals surface area contributed by atoms with Crippen LogP contribution in [0.5, 0.6) is 0 Å². The van der Waals surface area contributed by atoms with Crippen LogP contribution in [0.1, 0.15) is 19.8 Å². The molecule has 144 valence electrons. The molecule has 1 heterocycles. The third kappa shape index (κ3) is 12.1. The van der Waals surface area contributed by atoms with Crippen molar-refractivity contribution in [2.24, 2.45) is 5.92 Å². The van der Waals surface area contributed by atoms with E-state index in [2.05, 4.69) is 11.3 Å². The molecule has 0 amide bonds. The summed E-state index contributed by atoms with van der Waals surface area (Å²) in [6, 6.07) is 0. The van der Waals surface area contributed by atoms with E-state index in [0.29, 0.717) is 24.3 Å². The van der Waals surface area contributed by atoms with Crippen LogP contribution in [0.3, 0.4) is 0 Å². The van der Waals surface area contributed by atoms with Crippen molar-refractivity contribution >= 4 is 21.6 Å². The smallest absolute Gasteiger partial charge is 0.174 e. The zero-order chi connectivity index (χ0) is 18.6. The number of aliphatic hydroxyl groups excluding tert-OH is 3. The monoisotopic (exact) mass is 386 g/mol. The van der Waals surface area contributed by atoms with E-state index in [1.54, 1.807) is 0 Å². The first kappa shape index (κ1) is 23.7. The van der Waals surface area contributed by atoms with Crippen molar-refractivity contribution in [1.29, 1.82) is 0 Å². The second-order valence-corrected chi connectivity index (χ2v) is 8.79. The number of sulfone groups is 1. The van der Waals surface area contributed by atoms with Gasteiger partial charge in [0.25, 0.3) is 0 Å². The van der Waals surface area contributed by atoms with Gasteiger partial charge in [0.15, 0.2) is 15.3 Å². The van der Waals surface area contributed by atoms with Crippen molar-refractivity contribution in [3.8, 4) is 0 Å². The van der Waals surface area contributed by atoms with Gasteiger partial charge in [0.1, 0.15) is 12.4 Å². The van der Waals surface area contributed by atoms with E-state index in [9.17, 15) is 13.5 Å². The molecular weight excluding hydrogens is 356 g/mol. The maximum Gasteiger partial charge on any atom is 0.174 e. The minimum absolute atomic E-state index is 0.217. The first-order chi connectivity index (χ1) is 11.3. The van der Waals surface area contributed by atoms with Crippen LogP contribution in [0.2, 0.25) is 0 Å². The summed E-state index contributed by atoms with van der Waals surface area (Å²) >= 11 is 1.48. The molecule has 3 N–H and O–H groups in total. The topological polar surface area (TPSA) is 117 Å². The van der Waals surface area contributed by atoms with Gasteiger partial charge in [-0.25, -0.2) is 8.42 Å². The Kier molecular flexibility index (Phi) is 12.8. The Morgan fingerprint density at radius 3 is 2.33 bits per heavy atom. The van der Waals surface area contributed by atoms with Crippen molar-refractivity contribution in [2.75, 3.05) is 44.2 Å². The molecule has 3 atom stereocenters. The highest BCUT2D eigenvalue weighted by molar-refractivity contribution is 7.99. The van der Waals surface area contributed by atoms with E-state index in [-0.39, 0.29) is 19.8 Å². The van der Waals surface area contributed by atoms with Crippen molar-refractivity contribution in [2.45, 2.75) is 31.3 Å². The second-order valence-electron chi connectivity index (χ2n) is 5.51. The molecule has 0 bridgehead atoms. The SMILES string of the molecule is C=C1CO1.CCC(CO)C(OCCCSCC(O)CO)S(C)(=O)=O. The number of aliphatic hydroxyl groups is 3. The quantitative estimate of drug-likeness (QED) is 0.326. The number of hydrogen-bond donors (Lipinski definition) is 3. The molecule has 7 nitrogen and oxygen atoms in total. The fraction of sp³-hybridized carbons (Fsp3) is 0.867. The summed E-state index contributed by atoms with van der Waals surface area (Å²) in [6.45, 7) is 5.87. The van der Waals surface area contributed by atoms with Crippen LogP contribution >= 0.6 is 11.8 Å². The molecule has 0 radical (unpaired) electrons. The summed E-state index contributed by atoms with van der Waals surface area (Å²) in [5.41, 5.74) is -0.967. The van der Waals surface area contributed by atoms with E-state index in [1.165, 1.54) is 11.8 Å². The maximum absolute atomic E-state index is 11.6. The van der Waals surface area contributed by atoms with Gasteiger partial charge in [-0.1, -0.05) is 13.5 Å². The second kappa shape index (κ2) is 13.0. The molecule has 1 fully saturated rings. The summed E-state index contributed by atoms with van der Waals surface area (Å²) in [4.78, 5) is 0. The van der Waals surface area contributed by atoms with Crippen LogP contribution in [0.25, 0.3) is 0 Å². The van der Waals surface area contributed by atoms with Gasteiger partial charge >= 0.3 is 0 Å². The lowest BCUT2D eigenvalue weighted by Gasteiger charge is -2.23. The first-order valence-corrected chi connectivity index (χ1v) is 11.0. The number of ether oxygens (including phenoxy) is 2. The molecule has 1 aliphatic heterocycles. The summed E-state index contributed by atoms with van der Waals surface area (Å²) in [5.74, 6) is 1.66. The van der Waals surface area contributed by atoms with Crippen LogP contribution in [-0.4, -0.2) is 79.5 Å². The summed E-state index contributed by atoms with van der Waals surface area (Å²) in [6.07, 6.45) is 1.58. The highest BCUT2D eigenvalue weighted by Crippen LogP contribution is 2.18. The van der Waals surface area contributed by atoms with Crippen molar-refractivity contribution in [3.05, 3.63) is 12.3 Å². The lowest BCUT2D eigenvalue weighted by Crippen LogP contribution is -2.34. The molecule has 9 heteroatoms. The van der Waals surface area contributed by atoms with Gasteiger partial charge in [0, 0.05) is 31.1 Å². The molecule has 1 rings (SSSR count). The maximum atomic E-state index is 11.6. The number of rotatable bonds is 12. The molecule has 0 saturated carbocycles. The zero-order valence-electron chi connectivity index (χ0n) is 14.4. The van der Waals surface area contributed by atoms with Gasteiger partial charge in [-0.3, -0.25) is 0 Å². The lowest BCUT2D eigenvalue weighted by atomic mass is 10.1. The predicted octanol–water partition coefficient (Wildman–Crippen LogP) is 0.399. The molecule has 0 aromatic rings. The Hall–Kier alpha value is -0.320. The van der Waals surface area contributed by atoms with Gasteiger partial charge < -0.3 is 24.8 Å². The Morgan fingerprint density at radius 1 is 1.38 bits per heavy atom. The molecule has 24 heavy (non-hydrogen) atoms. The summed E-state index contributed by atoms with van der Waals surface area (Å²) < 4.78 is 33.2. The Balaban J connectivity index is 0.00000114. The standard InChI is InChI=1S/C12H26O6S2.C3H4O/c1-3-10(7-13)12(20(2,16)17)18-5-4-6-19-9-11(15)8-14;1-3-2-4-3/h10-15H,3-9H2,1-2H3;1-2H2. The molecule has 0 aromatic heterocycles. The van der Waals surface area contributed by atoms with Crippen LogP contribution in [0.4, 0.5) is 0 Å². The molecule has 0 spiro atoms. The van der Waals surface area contributed by atoms with Gasteiger partial charge in [-0.2, -0.15) is 11.8 Å². The van der Waals surface area contributed by atoms with Crippen molar-refractivity contribution < 1.29 is 33.2 Å². The van der Waals surface area contributed by atoms with Gasteiger partial charge in [0.05, 0.1) is 12.7 Å². The highest BCUT2D eigenvalue weighted by atomic mass is 32.2. The molecular formula is C15H30O7S2. The highest BCUT2D eigenvalue weighted by Gasteiger charge is 2.29. The molecule has 3 unspecified atom stereocenters. The van der Waals surface area contributed by atoms with Crippen molar-refractivity contribution in [1.82, 2.24) is 0 Å². The van der Waals surface area contributed by atoms with Crippen molar-refractivity contribution in [3.63, 3.8) is 0 Å². The van der Waals surface area contributed by atoms with Crippen LogP contribution in [0, 0.1) is 5.92 Å². The molecule has 0 aliphatic carbocycles. The fourth-order valence-corrected chi connectivity index (χ4v) is 3.89. The van der Waals surface area contributed by atoms with E-state index in [4.69, 9.17) is 14.9 Å². The summed E-state index contributed by atoms with van der Waals surface area (Å²) in [7, 11) is -3.36. The normalized spacial score (nSPS) is 17.3. The van der Waals surface area contributed by atoms with Gasteiger partial charge in [0.2, 0.25) is 0 Å². The first-order valence-electron chi connectivity index (χ1n) is 7.84. The largest absolute Gasteiger partial charge is 0.487 e. The Bertz CT molecular complexity index is 429.